The van der Waals surface area contributed by atoms with E-state index in [-0.39, 0.29) is 0 Å². The maximum Gasteiger partial charge on any atom is 0.158 e. The Hall–Kier alpha value is -1.92. The molecule has 0 saturated carbocycles. The van der Waals surface area contributed by atoms with Crippen LogP contribution in [0.4, 0.5) is 5.00 Å². The molecule has 4 rings (SSSR count). The normalized spacial score (nSPS) is 15.1. The Kier molecular flexibility index (Phi) is 5.43. The fourth-order valence-corrected chi connectivity index (χ4v) is 5.52. The van der Waals surface area contributed by atoms with Gasteiger partial charge in [-0.05, 0) is 57.2 Å². The number of thiophene rings is 1. The minimum atomic E-state index is 0.521. The highest BCUT2D eigenvalue weighted by molar-refractivity contribution is 7.19. The fourth-order valence-electron chi connectivity index (χ4n) is 4.21. The van der Waals surface area contributed by atoms with Crippen LogP contribution in [-0.4, -0.2) is 40.9 Å². The SMILES string of the molecule is CCC(CC)c1cc(C)nn2c(-c3sc(N4CCOCC4)cc3C)c(C)nc12. The maximum atomic E-state index is 5.52. The third-order valence-electron chi connectivity index (χ3n) is 5.78. The number of aryl methyl sites for hydroxylation is 3. The lowest BCUT2D eigenvalue weighted by molar-refractivity contribution is 0.123. The van der Waals surface area contributed by atoms with Crippen LogP contribution in [0.5, 0.6) is 0 Å². The van der Waals surface area contributed by atoms with Crippen LogP contribution in [0.1, 0.15) is 55.1 Å². The Bertz CT molecular complexity index is 980. The van der Waals surface area contributed by atoms with Crippen molar-refractivity contribution in [3.63, 3.8) is 0 Å². The molecule has 0 unspecified atom stereocenters. The van der Waals surface area contributed by atoms with Crippen LogP contribution in [0.15, 0.2) is 12.1 Å². The molecule has 3 aromatic heterocycles. The highest BCUT2D eigenvalue weighted by atomic mass is 32.1. The Morgan fingerprint density at radius 1 is 1.11 bits per heavy atom. The molecule has 0 atom stereocenters. The van der Waals surface area contributed by atoms with Gasteiger partial charge in [-0.3, -0.25) is 0 Å². The summed E-state index contributed by atoms with van der Waals surface area (Å²) in [5, 5.41) is 6.19. The smallest absolute Gasteiger partial charge is 0.158 e. The number of morpholine rings is 1. The summed E-state index contributed by atoms with van der Waals surface area (Å²) in [7, 11) is 0. The molecule has 3 aromatic rings. The quantitative estimate of drug-likeness (QED) is 0.598. The van der Waals surface area contributed by atoms with Gasteiger partial charge in [-0.25, -0.2) is 9.50 Å². The molecule has 150 valence electrons. The van der Waals surface area contributed by atoms with Crippen molar-refractivity contribution in [2.45, 2.75) is 53.4 Å². The molecule has 1 aliphatic rings. The summed E-state index contributed by atoms with van der Waals surface area (Å²) in [6, 6.07) is 4.53. The van der Waals surface area contributed by atoms with E-state index in [1.165, 1.54) is 21.0 Å². The molecule has 0 spiro atoms. The number of fused-ring (bicyclic) bond motifs is 1. The molecule has 0 N–H and O–H groups in total. The van der Waals surface area contributed by atoms with Crippen LogP contribution in [0.3, 0.4) is 0 Å². The number of hydrogen-bond donors (Lipinski definition) is 0. The Morgan fingerprint density at radius 3 is 2.50 bits per heavy atom. The molecule has 1 fully saturated rings. The second-order valence-corrected chi connectivity index (χ2v) is 8.76. The Morgan fingerprint density at radius 2 is 1.82 bits per heavy atom. The number of nitrogens with zero attached hydrogens (tertiary/aromatic N) is 4. The first-order valence-electron chi connectivity index (χ1n) is 10.3. The molecule has 6 heteroatoms. The standard InChI is InChI=1S/C22H30N4OS/c1-6-17(7-2)18-13-15(4)24-26-20(16(5)23-22(18)26)21-14(3)12-19(28-21)25-8-10-27-11-9-25/h12-13,17H,6-11H2,1-5H3. The molecule has 5 nitrogen and oxygen atoms in total. The maximum absolute atomic E-state index is 5.52. The van der Waals surface area contributed by atoms with E-state index in [1.807, 2.05) is 11.3 Å². The van der Waals surface area contributed by atoms with Gasteiger partial charge in [0.15, 0.2) is 5.65 Å². The van der Waals surface area contributed by atoms with Gasteiger partial charge in [0.1, 0.15) is 5.69 Å². The summed E-state index contributed by atoms with van der Waals surface area (Å²) in [4.78, 5) is 8.69. The lowest BCUT2D eigenvalue weighted by Gasteiger charge is -2.27. The van der Waals surface area contributed by atoms with Gasteiger partial charge in [0.25, 0.3) is 0 Å². The zero-order valence-electron chi connectivity index (χ0n) is 17.6. The van der Waals surface area contributed by atoms with Crippen molar-refractivity contribution in [2.75, 3.05) is 31.2 Å². The number of rotatable bonds is 5. The van der Waals surface area contributed by atoms with Crippen LogP contribution < -0.4 is 4.90 Å². The van der Waals surface area contributed by atoms with Gasteiger partial charge in [-0.2, -0.15) is 5.10 Å². The van der Waals surface area contributed by atoms with Gasteiger partial charge in [0.05, 0.1) is 34.5 Å². The second kappa shape index (κ2) is 7.84. The van der Waals surface area contributed by atoms with Crippen molar-refractivity contribution in [3.8, 4) is 10.6 Å². The summed E-state index contributed by atoms with van der Waals surface area (Å²) in [5.74, 6) is 0.521. The average Bonchev–Trinajstić information content (AvgIpc) is 3.22. The minimum absolute atomic E-state index is 0.521. The van der Waals surface area contributed by atoms with Crippen LogP contribution >= 0.6 is 11.3 Å². The summed E-state index contributed by atoms with van der Waals surface area (Å²) in [6.07, 6.45) is 2.24. The highest BCUT2D eigenvalue weighted by Gasteiger charge is 2.23. The summed E-state index contributed by atoms with van der Waals surface area (Å²) in [6.45, 7) is 14.5. The number of ether oxygens (including phenoxy) is 1. The van der Waals surface area contributed by atoms with E-state index in [4.69, 9.17) is 14.8 Å². The van der Waals surface area contributed by atoms with Crippen LogP contribution in [0.2, 0.25) is 0 Å². The van der Waals surface area contributed by atoms with E-state index in [0.717, 1.165) is 61.9 Å². The number of anilines is 1. The summed E-state index contributed by atoms with van der Waals surface area (Å²) in [5.41, 5.74) is 6.90. The topological polar surface area (TPSA) is 42.7 Å². The van der Waals surface area contributed by atoms with Gasteiger partial charge < -0.3 is 9.64 Å². The van der Waals surface area contributed by atoms with Gasteiger partial charge in [0, 0.05) is 18.7 Å². The summed E-state index contributed by atoms with van der Waals surface area (Å²) >= 11 is 1.85. The zero-order chi connectivity index (χ0) is 19.8. The monoisotopic (exact) mass is 398 g/mol. The predicted octanol–water partition coefficient (Wildman–Crippen LogP) is 5.12. The molecule has 0 bridgehead atoms. The first-order valence-corrected chi connectivity index (χ1v) is 11.2. The fraction of sp³-hybridized carbons (Fsp3) is 0.545. The number of imidazole rings is 1. The van der Waals surface area contributed by atoms with E-state index in [9.17, 15) is 0 Å². The molecule has 4 heterocycles. The molecule has 28 heavy (non-hydrogen) atoms. The molecular formula is C22H30N4OS. The van der Waals surface area contributed by atoms with Crippen molar-refractivity contribution in [3.05, 3.63) is 34.6 Å². The van der Waals surface area contributed by atoms with Crippen molar-refractivity contribution in [2.24, 2.45) is 0 Å². The molecule has 1 saturated heterocycles. The second-order valence-electron chi connectivity index (χ2n) is 7.73. The van der Waals surface area contributed by atoms with E-state index in [1.54, 1.807) is 0 Å². The molecular weight excluding hydrogens is 368 g/mol. The van der Waals surface area contributed by atoms with Crippen LogP contribution in [0, 0.1) is 20.8 Å². The van der Waals surface area contributed by atoms with Crippen LogP contribution in [0.25, 0.3) is 16.2 Å². The van der Waals surface area contributed by atoms with E-state index in [0.29, 0.717) is 5.92 Å². The predicted molar refractivity (Wildman–Crippen MR) is 117 cm³/mol. The van der Waals surface area contributed by atoms with Gasteiger partial charge in [0.2, 0.25) is 0 Å². The van der Waals surface area contributed by atoms with Crippen LogP contribution in [-0.2, 0) is 4.74 Å². The largest absolute Gasteiger partial charge is 0.378 e. The molecule has 0 aliphatic carbocycles. The first-order chi connectivity index (χ1) is 13.5. The lowest BCUT2D eigenvalue weighted by atomic mass is 9.95. The number of aromatic nitrogens is 3. The summed E-state index contributed by atoms with van der Waals surface area (Å²) < 4.78 is 7.61. The van der Waals surface area contributed by atoms with Crippen molar-refractivity contribution in [1.29, 1.82) is 0 Å². The van der Waals surface area contributed by atoms with Crippen molar-refractivity contribution in [1.82, 2.24) is 14.6 Å². The average molecular weight is 399 g/mol. The molecule has 1 aliphatic heterocycles. The van der Waals surface area contributed by atoms with E-state index in [2.05, 4.69) is 56.2 Å². The molecule has 0 radical (unpaired) electrons. The third-order valence-corrected chi connectivity index (χ3v) is 7.08. The van der Waals surface area contributed by atoms with E-state index < -0.39 is 0 Å². The van der Waals surface area contributed by atoms with Crippen molar-refractivity contribution < 1.29 is 4.74 Å². The minimum Gasteiger partial charge on any atom is -0.378 e. The van der Waals surface area contributed by atoms with Gasteiger partial charge >= 0.3 is 0 Å². The molecule has 0 amide bonds. The first kappa shape index (κ1) is 19.4. The van der Waals surface area contributed by atoms with E-state index >= 15 is 0 Å². The van der Waals surface area contributed by atoms with Gasteiger partial charge in [-0.1, -0.05) is 13.8 Å². The Labute approximate surface area is 171 Å². The lowest BCUT2D eigenvalue weighted by Crippen LogP contribution is -2.35. The highest BCUT2D eigenvalue weighted by Crippen LogP contribution is 2.40. The third kappa shape index (κ3) is 3.33. The number of hydrogen-bond acceptors (Lipinski definition) is 5. The molecule has 0 aromatic carbocycles. The van der Waals surface area contributed by atoms with Crippen molar-refractivity contribution >= 4 is 22.0 Å². The Balaban J connectivity index is 1.85. The zero-order valence-corrected chi connectivity index (χ0v) is 18.4. The van der Waals surface area contributed by atoms with Gasteiger partial charge in [-0.15, -0.1) is 11.3 Å².